The predicted molar refractivity (Wildman–Crippen MR) is 153 cm³/mol. The van der Waals surface area contributed by atoms with Crippen LogP contribution in [0, 0.1) is 5.41 Å². The number of thioether (sulfide) groups is 1. The maximum Gasteiger partial charge on any atom is 0.244 e. The van der Waals surface area contributed by atoms with Crippen molar-refractivity contribution in [1.82, 2.24) is 9.88 Å². The lowest BCUT2D eigenvalue weighted by atomic mass is 9.78. The number of rotatable bonds is 5. The molecule has 2 aromatic carbocycles. The summed E-state index contributed by atoms with van der Waals surface area (Å²) in [6, 6.07) is 17.7. The summed E-state index contributed by atoms with van der Waals surface area (Å²) in [4.78, 5) is 47.1. The summed E-state index contributed by atoms with van der Waals surface area (Å²) in [5.74, 6) is 0.380. The van der Waals surface area contributed by atoms with Crippen LogP contribution in [0.15, 0.2) is 65.7 Å². The summed E-state index contributed by atoms with van der Waals surface area (Å²) >= 11 is 1.66. The smallest absolute Gasteiger partial charge is 0.244 e. The van der Waals surface area contributed by atoms with Gasteiger partial charge in [-0.05, 0) is 72.9 Å². The molecular formula is C31H32N4O3S. The Morgan fingerprint density at radius 3 is 2.72 bits per heavy atom. The first-order valence-electron chi connectivity index (χ1n) is 13.3. The number of carbonyl (C=O) groups excluding carboxylic acids is 3. The molecule has 6 rings (SSSR count). The van der Waals surface area contributed by atoms with Crippen molar-refractivity contribution in [2.75, 3.05) is 23.4 Å². The molecule has 2 N–H and O–H groups in total. The number of pyridine rings is 1. The maximum absolute atomic E-state index is 13.5. The summed E-state index contributed by atoms with van der Waals surface area (Å²) in [5, 5.41) is 5.96. The van der Waals surface area contributed by atoms with Gasteiger partial charge in [0.1, 0.15) is 12.4 Å². The number of piperidine rings is 1. The topological polar surface area (TPSA) is 91.4 Å². The molecule has 0 saturated carbocycles. The van der Waals surface area contributed by atoms with Crippen molar-refractivity contribution in [3.05, 3.63) is 83.0 Å². The molecule has 1 fully saturated rings. The zero-order chi connectivity index (χ0) is 27.4. The molecule has 1 spiro atoms. The molecule has 1 aromatic heterocycles. The van der Waals surface area contributed by atoms with Crippen LogP contribution in [-0.2, 0) is 32.6 Å². The largest absolute Gasteiger partial charge is 0.326 e. The molecule has 1 unspecified atom stereocenters. The average molecular weight is 541 g/mol. The lowest BCUT2D eigenvalue weighted by molar-refractivity contribution is -0.150. The Hall–Kier alpha value is -3.65. The zero-order valence-electron chi connectivity index (χ0n) is 22.4. The summed E-state index contributed by atoms with van der Waals surface area (Å²) in [5.41, 5.74) is 3.67. The molecule has 2 aliphatic heterocycles. The number of benzene rings is 2. The van der Waals surface area contributed by atoms with E-state index in [0.717, 1.165) is 40.0 Å². The van der Waals surface area contributed by atoms with Gasteiger partial charge in [0.05, 0.1) is 11.5 Å². The fraction of sp³-hybridized carbons (Fsp3) is 0.355. The van der Waals surface area contributed by atoms with Gasteiger partial charge < -0.3 is 15.5 Å². The normalized spacial score (nSPS) is 22.9. The van der Waals surface area contributed by atoms with E-state index in [0.29, 0.717) is 24.3 Å². The van der Waals surface area contributed by atoms with Crippen LogP contribution in [0.4, 0.5) is 11.5 Å². The van der Waals surface area contributed by atoms with Gasteiger partial charge in [0, 0.05) is 27.8 Å². The first-order chi connectivity index (χ1) is 18.7. The molecule has 1 saturated heterocycles. The lowest BCUT2D eigenvalue weighted by Crippen LogP contribution is -2.50. The molecule has 8 heteroatoms. The van der Waals surface area contributed by atoms with Gasteiger partial charge in [0.15, 0.2) is 0 Å². The second-order valence-electron chi connectivity index (χ2n) is 11.4. The second-order valence-corrected chi connectivity index (χ2v) is 12.3. The molecule has 3 heterocycles. The molecule has 0 bridgehead atoms. The van der Waals surface area contributed by atoms with Gasteiger partial charge in [-0.3, -0.25) is 14.4 Å². The Morgan fingerprint density at radius 2 is 1.90 bits per heavy atom. The zero-order valence-corrected chi connectivity index (χ0v) is 23.2. The van der Waals surface area contributed by atoms with Crippen LogP contribution in [0.5, 0.6) is 0 Å². The standard InChI is InChI=1S/C31H32N4O3S/c1-30(2)13-12-24(22-7-4-5-9-25(22)39-3)35(29(30)38)18-26(36)33-21-11-10-19-16-31(17-20(19)15-21)23-8-6-14-32-27(23)34-28(31)37/h4-11,14-15,24H,12-13,16-18H2,1-3H3,(H,33,36)(H,32,34,37)/t24-,31?/m0/s1. The van der Waals surface area contributed by atoms with Crippen LogP contribution in [0.3, 0.4) is 0 Å². The predicted octanol–water partition coefficient (Wildman–Crippen LogP) is 5.12. The average Bonchev–Trinajstić information content (AvgIpc) is 3.44. The number of carbonyl (C=O) groups is 3. The summed E-state index contributed by atoms with van der Waals surface area (Å²) in [6.45, 7) is 3.90. The quantitative estimate of drug-likeness (QED) is 0.439. The van der Waals surface area contributed by atoms with Crippen molar-refractivity contribution in [2.45, 2.75) is 55.9 Å². The molecule has 7 nitrogen and oxygen atoms in total. The van der Waals surface area contributed by atoms with Crippen LogP contribution < -0.4 is 10.6 Å². The number of aromatic nitrogens is 1. The Balaban J connectivity index is 1.22. The third-order valence-corrected chi connectivity index (χ3v) is 9.35. The highest BCUT2D eigenvalue weighted by Crippen LogP contribution is 2.47. The Morgan fingerprint density at radius 1 is 1.10 bits per heavy atom. The van der Waals surface area contributed by atoms with Crippen LogP contribution in [-0.4, -0.2) is 40.4 Å². The lowest BCUT2D eigenvalue weighted by Gasteiger charge is -2.43. The molecule has 3 aliphatic rings. The number of hydrogen-bond donors (Lipinski definition) is 2. The number of amides is 3. The highest BCUT2D eigenvalue weighted by atomic mass is 32.2. The monoisotopic (exact) mass is 540 g/mol. The number of likely N-dealkylation sites (tertiary alicyclic amines) is 1. The van der Waals surface area contributed by atoms with E-state index in [1.165, 1.54) is 0 Å². The molecule has 1 aliphatic carbocycles. The van der Waals surface area contributed by atoms with Gasteiger partial charge in [0.25, 0.3) is 0 Å². The molecule has 3 amide bonds. The molecule has 39 heavy (non-hydrogen) atoms. The van der Waals surface area contributed by atoms with E-state index in [-0.39, 0.29) is 30.3 Å². The van der Waals surface area contributed by atoms with E-state index < -0.39 is 10.8 Å². The minimum Gasteiger partial charge on any atom is -0.326 e. The molecule has 0 radical (unpaired) electrons. The minimum atomic E-state index is -0.655. The number of nitrogens with zero attached hydrogens (tertiary/aromatic N) is 2. The van der Waals surface area contributed by atoms with Crippen molar-refractivity contribution in [3.8, 4) is 0 Å². The fourth-order valence-electron chi connectivity index (χ4n) is 6.44. The van der Waals surface area contributed by atoms with Crippen molar-refractivity contribution in [1.29, 1.82) is 0 Å². The van der Waals surface area contributed by atoms with Gasteiger partial charge in [-0.2, -0.15) is 0 Å². The van der Waals surface area contributed by atoms with Crippen LogP contribution in [0.1, 0.15) is 55.0 Å². The number of fused-ring (bicyclic) bond motifs is 3. The second kappa shape index (κ2) is 9.52. The summed E-state index contributed by atoms with van der Waals surface area (Å²) in [6.07, 6.45) is 6.47. The van der Waals surface area contributed by atoms with E-state index in [2.05, 4.69) is 27.8 Å². The highest BCUT2D eigenvalue weighted by Gasteiger charge is 2.51. The van der Waals surface area contributed by atoms with E-state index in [9.17, 15) is 14.4 Å². The Bertz CT molecular complexity index is 1500. The maximum atomic E-state index is 13.5. The van der Waals surface area contributed by atoms with E-state index >= 15 is 0 Å². The number of nitrogens with one attached hydrogen (secondary N) is 2. The van der Waals surface area contributed by atoms with Crippen LogP contribution >= 0.6 is 11.8 Å². The number of anilines is 2. The van der Waals surface area contributed by atoms with Crippen molar-refractivity contribution in [2.24, 2.45) is 5.41 Å². The molecule has 2 atom stereocenters. The third-order valence-electron chi connectivity index (χ3n) is 8.54. The Labute approximate surface area is 232 Å². The first-order valence-corrected chi connectivity index (χ1v) is 14.6. The van der Waals surface area contributed by atoms with Gasteiger partial charge in [-0.25, -0.2) is 4.98 Å². The van der Waals surface area contributed by atoms with E-state index in [1.807, 2.05) is 62.6 Å². The van der Waals surface area contributed by atoms with Gasteiger partial charge in [-0.1, -0.05) is 44.2 Å². The minimum absolute atomic E-state index is 0.000205. The third kappa shape index (κ3) is 4.31. The van der Waals surface area contributed by atoms with Gasteiger partial charge in [-0.15, -0.1) is 11.8 Å². The van der Waals surface area contributed by atoms with Gasteiger partial charge in [0.2, 0.25) is 17.7 Å². The van der Waals surface area contributed by atoms with Crippen molar-refractivity contribution in [3.63, 3.8) is 0 Å². The molecular weight excluding hydrogens is 508 g/mol. The summed E-state index contributed by atoms with van der Waals surface area (Å²) in [7, 11) is 0. The first kappa shape index (κ1) is 25.6. The van der Waals surface area contributed by atoms with Crippen LogP contribution in [0.2, 0.25) is 0 Å². The van der Waals surface area contributed by atoms with Crippen LogP contribution in [0.25, 0.3) is 0 Å². The van der Waals surface area contributed by atoms with Gasteiger partial charge >= 0.3 is 0 Å². The summed E-state index contributed by atoms with van der Waals surface area (Å²) < 4.78 is 0. The number of hydrogen-bond acceptors (Lipinski definition) is 5. The highest BCUT2D eigenvalue weighted by molar-refractivity contribution is 7.98. The Kier molecular flexibility index (Phi) is 6.25. The SMILES string of the molecule is CSc1ccccc1[C@@H]1CCC(C)(C)C(=O)N1CC(=O)Nc1ccc2c(c1)CC1(C2)C(=O)Nc2ncccc21. The van der Waals surface area contributed by atoms with E-state index in [4.69, 9.17) is 0 Å². The van der Waals surface area contributed by atoms with E-state index in [1.54, 1.807) is 22.9 Å². The molecule has 3 aromatic rings. The fourth-order valence-corrected chi connectivity index (χ4v) is 7.09. The van der Waals surface area contributed by atoms with Crippen molar-refractivity contribution < 1.29 is 14.4 Å². The van der Waals surface area contributed by atoms with Crippen molar-refractivity contribution >= 4 is 41.0 Å². The molecule has 200 valence electrons.